The second kappa shape index (κ2) is 7.55. The summed E-state index contributed by atoms with van der Waals surface area (Å²) in [5.41, 5.74) is 6.35. The summed E-state index contributed by atoms with van der Waals surface area (Å²) in [7, 11) is 5.47. The summed E-state index contributed by atoms with van der Waals surface area (Å²) in [5, 5.41) is 8.55. The van der Waals surface area contributed by atoms with Crippen LogP contribution >= 0.6 is 11.6 Å². The molecule has 0 bridgehead atoms. The summed E-state index contributed by atoms with van der Waals surface area (Å²) in [6.07, 6.45) is 0.903. The number of aromatic nitrogens is 1. The molecule has 1 heterocycles. The fraction of sp³-hybridized carbons (Fsp3) is 0.375. The highest BCUT2D eigenvalue weighted by molar-refractivity contribution is 6.35. The molecular weight excluding hydrogens is 330 g/mol. The van der Waals surface area contributed by atoms with E-state index in [1.54, 1.807) is 18.2 Å². The van der Waals surface area contributed by atoms with Gasteiger partial charge in [-0.2, -0.15) is 0 Å². The van der Waals surface area contributed by atoms with Crippen molar-refractivity contribution in [3.8, 4) is 5.75 Å². The SMILES string of the molecule is CN(C)CCCOc1cc(Cl)c2cc(C(=O)N(C)C(=N)N)[nH]c2c1. The summed E-state index contributed by atoms with van der Waals surface area (Å²) in [5.74, 6) is -0.0788. The van der Waals surface area contributed by atoms with Crippen molar-refractivity contribution in [3.05, 3.63) is 28.9 Å². The molecule has 0 unspecified atom stereocenters. The van der Waals surface area contributed by atoms with E-state index in [2.05, 4.69) is 9.88 Å². The number of ether oxygens (including phenoxy) is 1. The van der Waals surface area contributed by atoms with E-state index < -0.39 is 5.91 Å². The number of aromatic amines is 1. The molecule has 1 amide bonds. The number of rotatable bonds is 6. The maximum absolute atomic E-state index is 12.2. The third-order valence-electron chi connectivity index (χ3n) is 3.58. The third kappa shape index (κ3) is 4.18. The van der Waals surface area contributed by atoms with Crippen molar-refractivity contribution in [2.45, 2.75) is 6.42 Å². The number of fused-ring (bicyclic) bond motifs is 1. The molecule has 130 valence electrons. The number of guanidine groups is 1. The Balaban J connectivity index is 2.18. The Labute approximate surface area is 145 Å². The van der Waals surface area contributed by atoms with Crippen LogP contribution in [0, 0.1) is 5.41 Å². The highest BCUT2D eigenvalue weighted by atomic mass is 35.5. The van der Waals surface area contributed by atoms with Gasteiger partial charge in [0, 0.05) is 25.0 Å². The summed E-state index contributed by atoms with van der Waals surface area (Å²) >= 11 is 6.29. The number of carbonyl (C=O) groups is 1. The van der Waals surface area contributed by atoms with Gasteiger partial charge in [0.25, 0.3) is 5.91 Å². The zero-order valence-electron chi connectivity index (χ0n) is 14.0. The molecule has 7 nitrogen and oxygen atoms in total. The van der Waals surface area contributed by atoms with Crippen molar-refractivity contribution in [2.24, 2.45) is 5.73 Å². The average molecular weight is 352 g/mol. The molecule has 4 N–H and O–H groups in total. The van der Waals surface area contributed by atoms with Crippen molar-refractivity contribution in [2.75, 3.05) is 34.3 Å². The van der Waals surface area contributed by atoms with Crippen molar-refractivity contribution >= 4 is 34.4 Å². The lowest BCUT2D eigenvalue weighted by atomic mass is 10.2. The molecule has 1 aromatic carbocycles. The summed E-state index contributed by atoms with van der Waals surface area (Å²) in [4.78, 5) is 18.4. The number of halogens is 1. The van der Waals surface area contributed by atoms with Gasteiger partial charge in [0.1, 0.15) is 11.4 Å². The lowest BCUT2D eigenvalue weighted by Crippen LogP contribution is -2.38. The molecular formula is C16H22ClN5O2. The van der Waals surface area contributed by atoms with E-state index in [9.17, 15) is 4.79 Å². The number of nitrogens with one attached hydrogen (secondary N) is 2. The van der Waals surface area contributed by atoms with Gasteiger partial charge in [0.15, 0.2) is 5.96 Å². The molecule has 24 heavy (non-hydrogen) atoms. The summed E-state index contributed by atoms with van der Waals surface area (Å²) < 4.78 is 5.72. The minimum Gasteiger partial charge on any atom is -0.493 e. The quantitative estimate of drug-likeness (QED) is 0.421. The van der Waals surface area contributed by atoms with Crippen LogP contribution in [0.3, 0.4) is 0 Å². The zero-order valence-corrected chi connectivity index (χ0v) is 14.8. The predicted octanol–water partition coefficient (Wildman–Crippen LogP) is 2.12. The maximum atomic E-state index is 12.2. The normalized spacial score (nSPS) is 11.0. The van der Waals surface area contributed by atoms with E-state index >= 15 is 0 Å². The Morgan fingerprint density at radius 2 is 2.04 bits per heavy atom. The number of nitrogens with two attached hydrogens (primary N) is 1. The molecule has 2 aromatic rings. The molecule has 0 atom stereocenters. The van der Waals surface area contributed by atoms with Gasteiger partial charge >= 0.3 is 0 Å². The second-order valence-electron chi connectivity index (χ2n) is 5.80. The lowest BCUT2D eigenvalue weighted by Gasteiger charge is -2.12. The molecule has 0 aliphatic rings. The van der Waals surface area contributed by atoms with Crippen LogP contribution in [0.2, 0.25) is 5.02 Å². The first-order valence-corrected chi connectivity index (χ1v) is 7.89. The van der Waals surface area contributed by atoms with Crippen molar-refractivity contribution < 1.29 is 9.53 Å². The fourth-order valence-corrected chi connectivity index (χ4v) is 2.49. The minimum absolute atomic E-state index is 0.314. The monoisotopic (exact) mass is 351 g/mol. The molecule has 0 saturated carbocycles. The van der Waals surface area contributed by atoms with Gasteiger partial charge in [-0.15, -0.1) is 0 Å². The summed E-state index contributed by atoms with van der Waals surface area (Å²) in [6.45, 7) is 1.52. The first-order chi connectivity index (χ1) is 11.3. The van der Waals surface area contributed by atoms with E-state index in [4.69, 9.17) is 27.5 Å². The van der Waals surface area contributed by atoms with Gasteiger partial charge in [0.05, 0.1) is 17.1 Å². The standard InChI is InChI=1S/C16H22ClN5O2/c1-21(2)5-4-6-24-10-7-12(17)11-9-14(20-13(11)8-10)15(23)22(3)16(18)19/h7-9,20H,4-6H2,1-3H3,(H3,18,19). The second-order valence-corrected chi connectivity index (χ2v) is 6.21. The number of H-pyrrole nitrogens is 1. The van der Waals surface area contributed by atoms with E-state index in [0.29, 0.717) is 28.6 Å². The van der Waals surface area contributed by atoms with Crippen LogP contribution in [-0.4, -0.2) is 60.9 Å². The van der Waals surface area contributed by atoms with E-state index in [1.807, 2.05) is 14.1 Å². The van der Waals surface area contributed by atoms with Crippen LogP contribution < -0.4 is 10.5 Å². The van der Waals surface area contributed by atoms with Crippen LogP contribution in [0.5, 0.6) is 5.75 Å². The van der Waals surface area contributed by atoms with Crippen LogP contribution in [-0.2, 0) is 0 Å². The van der Waals surface area contributed by atoms with E-state index in [0.717, 1.165) is 23.3 Å². The third-order valence-corrected chi connectivity index (χ3v) is 3.89. The van der Waals surface area contributed by atoms with Crippen molar-refractivity contribution in [1.29, 1.82) is 5.41 Å². The molecule has 2 rings (SSSR count). The molecule has 0 aliphatic heterocycles. The Morgan fingerprint density at radius 3 is 2.67 bits per heavy atom. The Hall–Kier alpha value is -2.25. The minimum atomic E-state index is -0.400. The molecule has 1 aromatic heterocycles. The first kappa shape index (κ1) is 18.1. The largest absolute Gasteiger partial charge is 0.493 e. The number of carbonyl (C=O) groups excluding carboxylic acids is 1. The van der Waals surface area contributed by atoms with Gasteiger partial charge in [-0.1, -0.05) is 11.6 Å². The Bertz CT molecular complexity index is 756. The zero-order chi connectivity index (χ0) is 17.9. The summed E-state index contributed by atoms with van der Waals surface area (Å²) in [6, 6.07) is 5.19. The number of benzene rings is 1. The molecule has 8 heteroatoms. The van der Waals surface area contributed by atoms with Crippen LogP contribution in [0.15, 0.2) is 18.2 Å². The first-order valence-electron chi connectivity index (χ1n) is 7.51. The average Bonchev–Trinajstić information content (AvgIpc) is 2.94. The predicted molar refractivity (Wildman–Crippen MR) is 96.0 cm³/mol. The topological polar surface area (TPSA) is 98.4 Å². The van der Waals surface area contributed by atoms with E-state index in [-0.39, 0.29) is 5.96 Å². The molecule has 0 radical (unpaired) electrons. The smallest absolute Gasteiger partial charge is 0.276 e. The van der Waals surface area contributed by atoms with Crippen molar-refractivity contribution in [1.82, 2.24) is 14.8 Å². The number of amides is 1. The number of nitrogens with zero attached hydrogens (tertiary/aromatic N) is 2. The molecule has 0 saturated heterocycles. The maximum Gasteiger partial charge on any atom is 0.276 e. The number of hydrogen-bond acceptors (Lipinski definition) is 4. The fourth-order valence-electron chi connectivity index (χ4n) is 2.23. The highest BCUT2D eigenvalue weighted by Gasteiger charge is 2.17. The van der Waals surface area contributed by atoms with Crippen LogP contribution in [0.1, 0.15) is 16.9 Å². The van der Waals surface area contributed by atoms with E-state index in [1.165, 1.54) is 7.05 Å². The van der Waals surface area contributed by atoms with Gasteiger partial charge in [-0.3, -0.25) is 15.1 Å². The highest BCUT2D eigenvalue weighted by Crippen LogP contribution is 2.30. The van der Waals surface area contributed by atoms with Gasteiger partial charge in [-0.25, -0.2) is 0 Å². The molecule has 0 aliphatic carbocycles. The van der Waals surface area contributed by atoms with Crippen LogP contribution in [0.25, 0.3) is 10.9 Å². The van der Waals surface area contributed by atoms with Gasteiger partial charge < -0.3 is 20.4 Å². The van der Waals surface area contributed by atoms with Gasteiger partial charge in [0.2, 0.25) is 0 Å². The van der Waals surface area contributed by atoms with Crippen molar-refractivity contribution in [3.63, 3.8) is 0 Å². The number of hydrogen-bond donors (Lipinski definition) is 3. The molecule has 0 spiro atoms. The Kier molecular flexibility index (Phi) is 5.69. The molecule has 0 fully saturated rings. The van der Waals surface area contributed by atoms with Gasteiger partial charge in [-0.05, 0) is 32.6 Å². The lowest BCUT2D eigenvalue weighted by molar-refractivity contribution is 0.0864. The Morgan fingerprint density at radius 1 is 1.33 bits per heavy atom. The van der Waals surface area contributed by atoms with Crippen LogP contribution in [0.4, 0.5) is 0 Å².